The van der Waals surface area contributed by atoms with Crippen molar-refractivity contribution < 1.29 is 15.0 Å². The van der Waals surface area contributed by atoms with Gasteiger partial charge in [-0.1, -0.05) is 11.6 Å². The van der Waals surface area contributed by atoms with Crippen LogP contribution in [0.2, 0.25) is 5.02 Å². The molecule has 1 aromatic carbocycles. The summed E-state index contributed by atoms with van der Waals surface area (Å²) in [4.78, 5) is 11.0. The fourth-order valence-corrected chi connectivity index (χ4v) is 1.14. The molecule has 4 heteroatoms. The summed E-state index contributed by atoms with van der Waals surface area (Å²) in [7, 11) is 0. The van der Waals surface area contributed by atoms with Crippen LogP contribution in [-0.4, -0.2) is 22.6 Å². The molecule has 0 saturated heterocycles. The molecule has 0 heterocycles. The van der Waals surface area contributed by atoms with E-state index in [-0.39, 0.29) is 11.3 Å². The van der Waals surface area contributed by atoms with Gasteiger partial charge in [-0.2, -0.15) is 0 Å². The number of aromatic hydroxyl groups is 1. The standard InChI is InChI=1S/C9H9ClO3/c1-5-2-8(12)6(3-7(5)10)9(13)4-11/h2-3,11-12H,4H2,1H3. The molecule has 0 aromatic heterocycles. The summed E-state index contributed by atoms with van der Waals surface area (Å²) in [5.74, 6) is -0.694. The quantitative estimate of drug-likeness (QED) is 0.712. The van der Waals surface area contributed by atoms with E-state index in [1.807, 2.05) is 0 Å². The first kappa shape index (κ1) is 10.0. The molecule has 0 aliphatic carbocycles. The first-order valence-electron chi connectivity index (χ1n) is 3.69. The van der Waals surface area contributed by atoms with E-state index in [9.17, 15) is 9.90 Å². The van der Waals surface area contributed by atoms with Crippen molar-refractivity contribution in [2.24, 2.45) is 0 Å². The zero-order chi connectivity index (χ0) is 10.0. The monoisotopic (exact) mass is 200 g/mol. The van der Waals surface area contributed by atoms with Gasteiger partial charge in [0, 0.05) is 5.02 Å². The maximum Gasteiger partial charge on any atom is 0.191 e. The number of Topliss-reactive ketones (excluding diaryl/α,β-unsaturated/α-hetero) is 1. The Hall–Kier alpha value is -1.06. The van der Waals surface area contributed by atoms with E-state index in [0.29, 0.717) is 10.6 Å². The van der Waals surface area contributed by atoms with Gasteiger partial charge in [-0.15, -0.1) is 0 Å². The number of hydrogen-bond acceptors (Lipinski definition) is 3. The van der Waals surface area contributed by atoms with Crippen molar-refractivity contribution in [3.8, 4) is 5.75 Å². The third kappa shape index (κ3) is 1.99. The fourth-order valence-electron chi connectivity index (χ4n) is 0.975. The maximum atomic E-state index is 11.0. The summed E-state index contributed by atoms with van der Waals surface area (Å²) in [6.07, 6.45) is 0. The summed E-state index contributed by atoms with van der Waals surface area (Å²) < 4.78 is 0. The average Bonchev–Trinajstić information content (AvgIpc) is 2.10. The zero-order valence-corrected chi connectivity index (χ0v) is 7.80. The molecule has 70 valence electrons. The lowest BCUT2D eigenvalue weighted by molar-refractivity contribution is 0.0901. The van der Waals surface area contributed by atoms with Crippen LogP contribution in [0, 0.1) is 6.92 Å². The fraction of sp³-hybridized carbons (Fsp3) is 0.222. The second-order valence-electron chi connectivity index (χ2n) is 2.70. The first-order chi connectivity index (χ1) is 6.06. The molecule has 0 fully saturated rings. The van der Waals surface area contributed by atoms with Crippen LogP contribution in [0.1, 0.15) is 15.9 Å². The Morgan fingerprint density at radius 2 is 2.15 bits per heavy atom. The number of carbonyl (C=O) groups excluding carboxylic acids is 1. The summed E-state index contributed by atoms with van der Waals surface area (Å²) in [5.41, 5.74) is 0.742. The molecule has 0 bridgehead atoms. The summed E-state index contributed by atoms with van der Waals surface area (Å²) in [6.45, 7) is 1.09. The minimum atomic E-state index is -0.632. The van der Waals surface area contributed by atoms with Crippen LogP contribution < -0.4 is 0 Å². The second kappa shape index (κ2) is 3.77. The van der Waals surface area contributed by atoms with Gasteiger partial charge in [0.05, 0.1) is 5.56 Å². The molecule has 13 heavy (non-hydrogen) atoms. The molecule has 1 aromatic rings. The van der Waals surface area contributed by atoms with Gasteiger partial charge in [-0.05, 0) is 24.6 Å². The Morgan fingerprint density at radius 1 is 1.54 bits per heavy atom. The molecule has 0 spiro atoms. The third-order valence-corrected chi connectivity index (χ3v) is 2.13. The number of ketones is 1. The summed E-state index contributed by atoms with van der Waals surface area (Å²) in [6, 6.07) is 2.75. The van der Waals surface area contributed by atoms with Gasteiger partial charge in [-0.3, -0.25) is 4.79 Å². The smallest absolute Gasteiger partial charge is 0.191 e. The third-order valence-electron chi connectivity index (χ3n) is 1.72. The molecule has 3 nitrogen and oxygen atoms in total. The van der Waals surface area contributed by atoms with E-state index in [0.717, 1.165) is 0 Å². The van der Waals surface area contributed by atoms with Crippen molar-refractivity contribution in [3.05, 3.63) is 28.3 Å². The van der Waals surface area contributed by atoms with E-state index < -0.39 is 12.4 Å². The number of benzene rings is 1. The molecule has 0 aliphatic rings. The largest absolute Gasteiger partial charge is 0.507 e. The van der Waals surface area contributed by atoms with Crippen molar-refractivity contribution in [3.63, 3.8) is 0 Å². The molecule has 0 saturated carbocycles. The van der Waals surface area contributed by atoms with E-state index >= 15 is 0 Å². The van der Waals surface area contributed by atoms with E-state index in [1.54, 1.807) is 6.92 Å². The van der Waals surface area contributed by atoms with Gasteiger partial charge in [-0.25, -0.2) is 0 Å². The lowest BCUT2D eigenvalue weighted by atomic mass is 10.1. The Labute approximate surface area is 80.6 Å². The minimum Gasteiger partial charge on any atom is -0.507 e. The van der Waals surface area contributed by atoms with Crippen LogP contribution in [0.5, 0.6) is 5.75 Å². The number of carbonyl (C=O) groups is 1. The lowest BCUT2D eigenvalue weighted by Crippen LogP contribution is -2.04. The van der Waals surface area contributed by atoms with Crippen LogP contribution in [0.4, 0.5) is 0 Å². The zero-order valence-electron chi connectivity index (χ0n) is 7.04. The normalized spacial score (nSPS) is 10.1. The highest BCUT2D eigenvalue weighted by Crippen LogP contribution is 2.25. The average molecular weight is 201 g/mol. The number of aliphatic hydroxyl groups is 1. The van der Waals surface area contributed by atoms with Crippen LogP contribution in [0.15, 0.2) is 12.1 Å². The van der Waals surface area contributed by atoms with Crippen molar-refractivity contribution in [1.29, 1.82) is 0 Å². The van der Waals surface area contributed by atoms with Crippen molar-refractivity contribution in [2.45, 2.75) is 6.92 Å². The van der Waals surface area contributed by atoms with Crippen molar-refractivity contribution in [1.82, 2.24) is 0 Å². The van der Waals surface area contributed by atoms with Gasteiger partial charge >= 0.3 is 0 Å². The molecular weight excluding hydrogens is 192 g/mol. The Morgan fingerprint density at radius 3 is 2.69 bits per heavy atom. The van der Waals surface area contributed by atoms with E-state index in [1.165, 1.54) is 12.1 Å². The predicted molar refractivity (Wildman–Crippen MR) is 49.3 cm³/mol. The van der Waals surface area contributed by atoms with Crippen LogP contribution >= 0.6 is 11.6 Å². The number of hydrogen-bond donors (Lipinski definition) is 2. The second-order valence-corrected chi connectivity index (χ2v) is 3.11. The highest BCUT2D eigenvalue weighted by molar-refractivity contribution is 6.31. The molecule has 0 atom stereocenters. The molecule has 0 amide bonds. The van der Waals surface area contributed by atoms with Gasteiger partial charge in [0.25, 0.3) is 0 Å². The number of phenolic OH excluding ortho intramolecular Hbond substituents is 1. The van der Waals surface area contributed by atoms with Crippen molar-refractivity contribution >= 4 is 17.4 Å². The SMILES string of the molecule is Cc1cc(O)c(C(=O)CO)cc1Cl. The van der Waals surface area contributed by atoms with Gasteiger partial charge in [0.15, 0.2) is 5.78 Å². The van der Waals surface area contributed by atoms with Gasteiger partial charge in [0.1, 0.15) is 12.4 Å². The molecule has 1 rings (SSSR count). The summed E-state index contributed by atoms with van der Waals surface area (Å²) >= 11 is 5.74. The maximum absolute atomic E-state index is 11.0. The van der Waals surface area contributed by atoms with Gasteiger partial charge in [0.2, 0.25) is 0 Å². The van der Waals surface area contributed by atoms with Crippen LogP contribution in [0.3, 0.4) is 0 Å². The highest BCUT2D eigenvalue weighted by Gasteiger charge is 2.11. The molecule has 2 N–H and O–H groups in total. The van der Waals surface area contributed by atoms with E-state index in [4.69, 9.17) is 16.7 Å². The molecule has 0 aliphatic heterocycles. The topological polar surface area (TPSA) is 57.5 Å². The van der Waals surface area contributed by atoms with Crippen molar-refractivity contribution in [2.75, 3.05) is 6.61 Å². The van der Waals surface area contributed by atoms with Crippen LogP contribution in [-0.2, 0) is 0 Å². The molecule has 0 radical (unpaired) electrons. The number of phenols is 1. The molecular formula is C9H9ClO3. The molecule has 0 unspecified atom stereocenters. The lowest BCUT2D eigenvalue weighted by Gasteiger charge is -2.04. The number of halogens is 1. The Kier molecular flexibility index (Phi) is 2.90. The number of aryl methyl sites for hydroxylation is 1. The first-order valence-corrected chi connectivity index (χ1v) is 4.07. The predicted octanol–water partition coefficient (Wildman–Crippen LogP) is 1.53. The summed E-state index contributed by atoms with van der Waals surface area (Å²) in [5, 5.41) is 18.3. The number of aliphatic hydroxyl groups excluding tert-OH is 1. The Bertz CT molecular complexity index is 347. The number of rotatable bonds is 2. The highest BCUT2D eigenvalue weighted by atomic mass is 35.5. The van der Waals surface area contributed by atoms with Crippen LogP contribution in [0.25, 0.3) is 0 Å². The minimum absolute atomic E-state index is 0.0538. The Balaban J connectivity index is 3.23. The van der Waals surface area contributed by atoms with Gasteiger partial charge < -0.3 is 10.2 Å². The van der Waals surface area contributed by atoms with E-state index in [2.05, 4.69) is 0 Å².